The number of benzene rings is 3. The van der Waals surface area contributed by atoms with Crippen LogP contribution in [0.3, 0.4) is 0 Å². The third kappa shape index (κ3) is 6.94. The molecule has 0 saturated heterocycles. The number of fused-ring (bicyclic) bond motifs is 1. The first-order valence-corrected chi connectivity index (χ1v) is 14.7. The number of aliphatic hydroxyl groups excluding tert-OH is 1. The Morgan fingerprint density at radius 1 is 1.03 bits per heavy atom. The van der Waals surface area contributed by atoms with E-state index in [4.69, 9.17) is 0 Å². The van der Waals surface area contributed by atoms with Crippen LogP contribution in [0.2, 0.25) is 0 Å². The maximum Gasteiger partial charge on any atom is 0.335 e. The standard InChI is InChI=1S/C31H38N2O5S/c1-21-14-26(12-13-29(21)30(35)36)25-10-7-11-28(17-25)39(37,38)33(4)20-27(34)19-32-31(2,3)18-22-15-23-8-5-6-9-24(23)16-22/h5-14,17,22,27,32,34H,15-16,18-20H2,1-4H3,(H,35,36). The molecule has 0 bridgehead atoms. The minimum atomic E-state index is -3.85. The van der Waals surface area contributed by atoms with Crippen LogP contribution < -0.4 is 5.32 Å². The molecule has 1 aliphatic carbocycles. The molecule has 3 aromatic carbocycles. The number of aliphatic hydroxyl groups is 1. The van der Waals surface area contributed by atoms with Gasteiger partial charge in [0.15, 0.2) is 0 Å². The van der Waals surface area contributed by atoms with E-state index in [0.717, 1.165) is 24.8 Å². The van der Waals surface area contributed by atoms with Crippen LogP contribution in [-0.2, 0) is 22.9 Å². The molecule has 0 aromatic heterocycles. The van der Waals surface area contributed by atoms with Crippen molar-refractivity contribution < 1.29 is 23.4 Å². The zero-order valence-electron chi connectivity index (χ0n) is 23.0. The Kier molecular flexibility index (Phi) is 8.61. The third-order valence-corrected chi connectivity index (χ3v) is 9.37. The number of β-amino-alcohol motifs (C(OH)–C–C–N with tert-alkyl or cyclic N) is 1. The van der Waals surface area contributed by atoms with Crippen LogP contribution >= 0.6 is 0 Å². The van der Waals surface area contributed by atoms with Crippen molar-refractivity contribution in [1.82, 2.24) is 9.62 Å². The van der Waals surface area contributed by atoms with Crippen molar-refractivity contribution in [2.24, 2.45) is 5.92 Å². The van der Waals surface area contributed by atoms with E-state index in [2.05, 4.69) is 43.4 Å². The van der Waals surface area contributed by atoms with Gasteiger partial charge in [-0.25, -0.2) is 13.2 Å². The molecule has 3 aromatic rings. The Labute approximate surface area is 231 Å². The number of carboxylic acids is 1. The number of nitrogens with one attached hydrogen (secondary N) is 1. The van der Waals surface area contributed by atoms with Gasteiger partial charge in [-0.2, -0.15) is 4.31 Å². The van der Waals surface area contributed by atoms with Gasteiger partial charge in [-0.05, 0) is 92.0 Å². The molecule has 0 aliphatic heterocycles. The van der Waals surface area contributed by atoms with Crippen molar-refractivity contribution in [3.63, 3.8) is 0 Å². The predicted octanol–water partition coefficient (Wildman–Crippen LogP) is 4.51. The van der Waals surface area contributed by atoms with Crippen molar-refractivity contribution in [2.75, 3.05) is 20.1 Å². The summed E-state index contributed by atoms with van der Waals surface area (Å²) in [5.41, 5.74) is 4.84. The largest absolute Gasteiger partial charge is 0.478 e. The van der Waals surface area contributed by atoms with E-state index in [1.807, 2.05) is 0 Å². The fourth-order valence-corrected chi connectivity index (χ4v) is 6.80. The number of aromatic carboxylic acids is 1. The molecule has 0 radical (unpaired) electrons. The maximum absolute atomic E-state index is 13.3. The Balaban J connectivity index is 1.35. The highest BCUT2D eigenvalue weighted by Gasteiger charge is 2.29. The molecule has 1 aliphatic rings. The molecule has 7 nitrogen and oxygen atoms in total. The second-order valence-corrected chi connectivity index (χ2v) is 13.4. The Bertz CT molecular complexity index is 1430. The molecule has 8 heteroatoms. The van der Waals surface area contributed by atoms with E-state index in [0.29, 0.717) is 17.0 Å². The van der Waals surface area contributed by atoms with E-state index in [-0.39, 0.29) is 29.1 Å². The van der Waals surface area contributed by atoms with E-state index in [9.17, 15) is 23.4 Å². The molecule has 0 fully saturated rings. The first kappa shape index (κ1) is 29.0. The number of hydrogen-bond acceptors (Lipinski definition) is 5. The smallest absolute Gasteiger partial charge is 0.335 e. The highest BCUT2D eigenvalue weighted by Crippen LogP contribution is 2.32. The highest BCUT2D eigenvalue weighted by molar-refractivity contribution is 7.89. The number of carbonyl (C=O) groups is 1. The van der Waals surface area contributed by atoms with E-state index in [1.54, 1.807) is 37.3 Å². The van der Waals surface area contributed by atoms with E-state index < -0.39 is 22.1 Å². The zero-order chi connectivity index (χ0) is 28.4. The van der Waals surface area contributed by atoms with Gasteiger partial charge in [-0.15, -0.1) is 0 Å². The molecular weight excluding hydrogens is 512 g/mol. The molecule has 1 unspecified atom stereocenters. The Morgan fingerprint density at radius 2 is 1.67 bits per heavy atom. The van der Waals surface area contributed by atoms with Crippen molar-refractivity contribution >= 4 is 16.0 Å². The van der Waals surface area contributed by atoms with Crippen LogP contribution in [0.15, 0.2) is 71.6 Å². The summed E-state index contributed by atoms with van der Waals surface area (Å²) < 4.78 is 27.8. The molecule has 1 atom stereocenters. The van der Waals surface area contributed by atoms with E-state index in [1.165, 1.54) is 34.6 Å². The van der Waals surface area contributed by atoms with Crippen LogP contribution in [0.1, 0.15) is 47.3 Å². The van der Waals surface area contributed by atoms with Gasteiger partial charge >= 0.3 is 5.97 Å². The maximum atomic E-state index is 13.3. The summed E-state index contributed by atoms with van der Waals surface area (Å²) in [7, 11) is -2.38. The fraction of sp³-hybridized carbons (Fsp3) is 0.387. The van der Waals surface area contributed by atoms with Gasteiger partial charge in [0, 0.05) is 25.7 Å². The highest BCUT2D eigenvalue weighted by atomic mass is 32.2. The number of rotatable bonds is 11. The summed E-state index contributed by atoms with van der Waals surface area (Å²) in [5.74, 6) is -0.459. The quantitative estimate of drug-likeness (QED) is 0.324. The predicted molar refractivity (Wildman–Crippen MR) is 153 cm³/mol. The fourth-order valence-electron chi connectivity index (χ4n) is 5.54. The zero-order valence-corrected chi connectivity index (χ0v) is 23.8. The van der Waals surface area contributed by atoms with Crippen molar-refractivity contribution in [3.05, 3.63) is 89.0 Å². The number of carboxylic acid groups (broad SMARTS) is 1. The lowest BCUT2D eigenvalue weighted by atomic mass is 9.88. The normalized spacial score (nSPS) is 14.9. The molecule has 3 N–H and O–H groups in total. The molecule has 0 amide bonds. The van der Waals surface area contributed by atoms with Gasteiger partial charge in [0.1, 0.15) is 0 Å². The van der Waals surface area contributed by atoms with Crippen LogP contribution in [-0.4, -0.2) is 60.7 Å². The third-order valence-electron chi connectivity index (χ3n) is 7.55. The molecule has 39 heavy (non-hydrogen) atoms. The Hall–Kier alpha value is -3.04. The topological polar surface area (TPSA) is 107 Å². The average Bonchev–Trinajstić information content (AvgIpc) is 3.29. The monoisotopic (exact) mass is 550 g/mol. The number of sulfonamides is 1. The summed E-state index contributed by atoms with van der Waals surface area (Å²) >= 11 is 0. The summed E-state index contributed by atoms with van der Waals surface area (Å²) in [4.78, 5) is 11.4. The molecule has 0 saturated carbocycles. The lowest BCUT2D eigenvalue weighted by Crippen LogP contribution is -2.47. The SMILES string of the molecule is Cc1cc(-c2cccc(S(=O)(=O)N(C)CC(O)CNC(C)(C)CC3Cc4ccccc4C3)c2)ccc1C(=O)O. The van der Waals surface area contributed by atoms with E-state index >= 15 is 0 Å². The van der Waals surface area contributed by atoms with Gasteiger partial charge in [-0.1, -0.05) is 48.5 Å². The Morgan fingerprint density at radius 3 is 2.28 bits per heavy atom. The minimum Gasteiger partial charge on any atom is -0.478 e. The molecule has 208 valence electrons. The molecule has 0 heterocycles. The second kappa shape index (κ2) is 11.6. The second-order valence-electron chi connectivity index (χ2n) is 11.3. The van der Waals surface area contributed by atoms with Crippen LogP contribution in [0.4, 0.5) is 0 Å². The lowest BCUT2D eigenvalue weighted by Gasteiger charge is -2.31. The van der Waals surface area contributed by atoms with Crippen LogP contribution in [0.5, 0.6) is 0 Å². The van der Waals surface area contributed by atoms with Crippen LogP contribution in [0, 0.1) is 12.8 Å². The molecule has 4 rings (SSSR count). The molecule has 0 spiro atoms. The van der Waals surface area contributed by atoms with Crippen molar-refractivity contribution in [3.8, 4) is 11.1 Å². The number of aryl methyl sites for hydroxylation is 1. The summed E-state index contributed by atoms with van der Waals surface area (Å²) in [6.45, 7) is 6.20. The van der Waals surface area contributed by atoms with Gasteiger partial charge in [-0.3, -0.25) is 0 Å². The van der Waals surface area contributed by atoms with Gasteiger partial charge in [0.2, 0.25) is 10.0 Å². The van der Waals surface area contributed by atoms with Crippen LogP contribution in [0.25, 0.3) is 11.1 Å². The van der Waals surface area contributed by atoms with Gasteiger partial charge in [0.25, 0.3) is 0 Å². The summed E-state index contributed by atoms with van der Waals surface area (Å²) in [5, 5.41) is 23.4. The number of nitrogens with zero attached hydrogens (tertiary/aromatic N) is 1. The summed E-state index contributed by atoms with van der Waals surface area (Å²) in [6.07, 6.45) is 2.21. The first-order valence-electron chi connectivity index (χ1n) is 13.3. The minimum absolute atomic E-state index is 0.0447. The number of likely N-dealkylation sites (N-methyl/N-ethyl adjacent to an activating group) is 1. The average molecular weight is 551 g/mol. The van der Waals surface area contributed by atoms with Gasteiger partial charge < -0.3 is 15.5 Å². The first-order chi connectivity index (χ1) is 18.4. The van der Waals surface area contributed by atoms with Gasteiger partial charge in [0.05, 0.1) is 16.6 Å². The lowest BCUT2D eigenvalue weighted by molar-refractivity contribution is 0.0696. The number of hydrogen-bond donors (Lipinski definition) is 3. The van der Waals surface area contributed by atoms with Crippen molar-refractivity contribution in [1.29, 1.82) is 0 Å². The molecular formula is C31H38N2O5S. The van der Waals surface area contributed by atoms with Crippen molar-refractivity contribution in [2.45, 2.75) is 56.6 Å². The summed E-state index contributed by atoms with van der Waals surface area (Å²) in [6, 6.07) is 20.1.